The zero-order valence-corrected chi connectivity index (χ0v) is 17.0. The summed E-state index contributed by atoms with van der Waals surface area (Å²) in [5, 5.41) is 0. The molecule has 0 radical (unpaired) electrons. The third-order valence-electron chi connectivity index (χ3n) is 2.68. The van der Waals surface area contributed by atoms with Crippen LogP contribution in [0.5, 0.6) is 0 Å². The summed E-state index contributed by atoms with van der Waals surface area (Å²) in [5.41, 5.74) is 0. The molecule has 0 aliphatic heterocycles. The monoisotopic (exact) mass is 449 g/mol. The van der Waals surface area contributed by atoms with Gasteiger partial charge in [0.05, 0.1) is 26.2 Å². The summed E-state index contributed by atoms with van der Waals surface area (Å²) >= 11 is -4.28. The molecule has 0 fully saturated rings. The fourth-order valence-electron chi connectivity index (χ4n) is 1.34. The Morgan fingerprint density at radius 1 is 0.944 bits per heavy atom. The van der Waals surface area contributed by atoms with Crippen molar-refractivity contribution in [2.45, 2.75) is 47.3 Å². The standard InChI is InChI=1S/C8H20N.C4H11Si.3O.W/c1-5-9(6-2,7-3)8-4;1-5(2,3)4;;;;/h5-8H2,1-4H3;1H2,2-4H3;;;;/q+1;-1;;;-1;. The Morgan fingerprint density at radius 3 is 1.06 bits per heavy atom. The maximum atomic E-state index is 8.61. The predicted octanol–water partition coefficient (Wildman–Crippen LogP) is 2.15. The van der Waals surface area contributed by atoms with Crippen LogP contribution in [-0.2, 0) is 24.4 Å². The van der Waals surface area contributed by atoms with Gasteiger partial charge < -0.3 is 11.0 Å². The Balaban J connectivity index is -0.000000212. The molecular formula is C12H31NO3SiW-. The summed E-state index contributed by atoms with van der Waals surface area (Å²) in [5.74, 6) is 0. The van der Waals surface area contributed by atoms with Crippen LogP contribution in [0.2, 0.25) is 19.6 Å². The van der Waals surface area contributed by atoms with E-state index in [4.69, 9.17) is 10.6 Å². The van der Waals surface area contributed by atoms with Crippen molar-refractivity contribution in [2.75, 3.05) is 26.2 Å². The molecule has 0 heterocycles. The van der Waals surface area contributed by atoms with Crippen molar-refractivity contribution in [1.82, 2.24) is 0 Å². The number of hydrogen-bond acceptors (Lipinski definition) is 3. The topological polar surface area (TPSA) is 57.2 Å². The second-order valence-electron chi connectivity index (χ2n) is 5.37. The van der Waals surface area contributed by atoms with E-state index in [1.807, 2.05) is 0 Å². The van der Waals surface area contributed by atoms with E-state index in [9.17, 15) is 0 Å². The van der Waals surface area contributed by atoms with Gasteiger partial charge in [0.25, 0.3) is 0 Å². The molecule has 0 aromatic rings. The van der Waals surface area contributed by atoms with Crippen molar-refractivity contribution < 1.29 is 32.7 Å². The molecule has 0 spiro atoms. The van der Waals surface area contributed by atoms with Gasteiger partial charge in [-0.25, -0.2) is 0 Å². The quantitative estimate of drug-likeness (QED) is 0.376. The molecule has 0 rings (SSSR count). The van der Waals surface area contributed by atoms with E-state index in [0.29, 0.717) is 0 Å². The third kappa shape index (κ3) is 25.3. The van der Waals surface area contributed by atoms with Gasteiger partial charge in [-0.3, -0.25) is 0 Å². The predicted molar refractivity (Wildman–Crippen MR) is 72.5 cm³/mol. The molecule has 6 heteroatoms. The number of quaternary nitrogens is 1. The molecule has 0 unspecified atom stereocenters. The molecule has 18 heavy (non-hydrogen) atoms. The summed E-state index contributed by atoms with van der Waals surface area (Å²) in [6, 6.07) is 0. The van der Waals surface area contributed by atoms with Crippen molar-refractivity contribution >= 4 is 8.07 Å². The van der Waals surface area contributed by atoms with Crippen LogP contribution in [0.15, 0.2) is 0 Å². The van der Waals surface area contributed by atoms with Crippen molar-refractivity contribution in [2.24, 2.45) is 0 Å². The van der Waals surface area contributed by atoms with Gasteiger partial charge in [0, 0.05) is 0 Å². The molecule has 0 N–H and O–H groups in total. The van der Waals surface area contributed by atoms with Gasteiger partial charge in [-0.2, -0.15) is 0 Å². The number of hydrogen-bond donors (Lipinski definition) is 0. The van der Waals surface area contributed by atoms with Crippen molar-refractivity contribution in [3.63, 3.8) is 0 Å². The van der Waals surface area contributed by atoms with E-state index in [2.05, 4.69) is 53.9 Å². The van der Waals surface area contributed by atoms with Crippen LogP contribution >= 0.6 is 0 Å². The van der Waals surface area contributed by atoms with E-state index >= 15 is 0 Å². The van der Waals surface area contributed by atoms with Gasteiger partial charge in [-0.1, -0.05) is 19.6 Å². The molecule has 0 aromatic carbocycles. The van der Waals surface area contributed by atoms with Crippen LogP contribution < -0.4 is 3.76 Å². The van der Waals surface area contributed by atoms with Gasteiger partial charge in [-0.05, 0) is 27.7 Å². The fraction of sp³-hybridized carbons (Fsp3) is 0.917. The molecule has 0 atom stereocenters. The second-order valence-corrected chi connectivity index (χ2v) is 12.0. The third-order valence-corrected chi connectivity index (χ3v) is 2.68. The van der Waals surface area contributed by atoms with E-state index in [1.54, 1.807) is 0 Å². The first-order valence-electron chi connectivity index (χ1n) is 6.45. The van der Waals surface area contributed by atoms with E-state index < -0.39 is 25.7 Å². The Bertz CT molecular complexity index is 215. The fourth-order valence-corrected chi connectivity index (χ4v) is 1.34. The van der Waals surface area contributed by atoms with Crippen molar-refractivity contribution in [3.8, 4) is 0 Å². The minimum atomic E-state index is -4.28. The molecule has 0 saturated heterocycles. The first kappa shape index (κ1) is 23.5. The Labute approximate surface area is 121 Å². The number of nitrogens with zero attached hydrogens (tertiary/aromatic N) is 1. The van der Waals surface area contributed by atoms with Crippen LogP contribution in [0.1, 0.15) is 27.7 Å². The molecule has 0 aliphatic carbocycles. The summed E-state index contributed by atoms with van der Waals surface area (Å²) in [6.07, 6.45) is 0. The van der Waals surface area contributed by atoms with Crippen LogP contribution in [0.4, 0.5) is 0 Å². The van der Waals surface area contributed by atoms with Gasteiger partial charge in [-0.15, -0.1) is 8.07 Å². The van der Waals surface area contributed by atoms with Crippen molar-refractivity contribution in [3.05, 3.63) is 6.55 Å². The van der Waals surface area contributed by atoms with Crippen LogP contribution in [0.3, 0.4) is 0 Å². The Kier molecular flexibility index (Phi) is 16.3. The summed E-state index contributed by atoms with van der Waals surface area (Å²) in [7, 11) is -0.861. The first-order valence-corrected chi connectivity index (χ1v) is 13.7. The van der Waals surface area contributed by atoms with E-state index in [1.165, 1.54) is 30.7 Å². The molecule has 0 amide bonds. The van der Waals surface area contributed by atoms with Crippen LogP contribution in [-0.4, -0.2) is 38.7 Å². The van der Waals surface area contributed by atoms with Crippen molar-refractivity contribution in [1.29, 1.82) is 0 Å². The molecular weight excluding hydrogens is 418 g/mol. The Hall–Kier alpha value is 0.425. The average Bonchev–Trinajstić information content (AvgIpc) is 2.19. The SMILES string of the molecule is CC[N+](CC)(CC)CC.[CH2-][Si](C)(C)C.[O]=[W](=[O])[O-]. The van der Waals surface area contributed by atoms with E-state index in [0.717, 1.165) is 0 Å². The Morgan fingerprint density at radius 2 is 1.06 bits per heavy atom. The minimum absolute atomic E-state index is 0.861. The zero-order chi connectivity index (χ0) is 15.4. The van der Waals surface area contributed by atoms with Gasteiger partial charge >= 0.3 is 28.2 Å². The van der Waals surface area contributed by atoms with Gasteiger partial charge in [0.1, 0.15) is 0 Å². The second kappa shape index (κ2) is 12.5. The van der Waals surface area contributed by atoms with Crippen LogP contribution in [0.25, 0.3) is 0 Å². The molecule has 0 aromatic heterocycles. The molecule has 4 nitrogen and oxygen atoms in total. The normalized spacial score (nSPS) is 10.7. The van der Waals surface area contributed by atoms with Crippen LogP contribution in [0, 0.1) is 6.55 Å². The van der Waals surface area contributed by atoms with Gasteiger partial charge in [0.2, 0.25) is 0 Å². The summed E-state index contributed by atoms with van der Waals surface area (Å²) in [6.45, 7) is 24.8. The number of rotatable bonds is 4. The molecule has 0 bridgehead atoms. The average molecular weight is 449 g/mol. The molecule has 0 aliphatic rings. The maximum absolute atomic E-state index is 8.61. The van der Waals surface area contributed by atoms with E-state index in [-0.39, 0.29) is 0 Å². The zero-order valence-electron chi connectivity index (χ0n) is 13.1. The summed E-state index contributed by atoms with van der Waals surface area (Å²) in [4.78, 5) is 0. The molecule has 113 valence electrons. The molecule has 0 saturated carbocycles. The first-order chi connectivity index (χ1) is 7.97. The van der Waals surface area contributed by atoms with Gasteiger partial charge in [0.15, 0.2) is 0 Å². The summed E-state index contributed by atoms with van der Waals surface area (Å²) < 4.78 is 27.1.